The van der Waals surface area contributed by atoms with Gasteiger partial charge in [-0.3, -0.25) is 0 Å². The van der Waals surface area contributed by atoms with Crippen molar-refractivity contribution in [2.75, 3.05) is 20.2 Å². The molecule has 0 aliphatic heterocycles. The number of hydrogen-bond donors (Lipinski definition) is 1. The van der Waals surface area contributed by atoms with E-state index < -0.39 is 16.0 Å². The van der Waals surface area contributed by atoms with Crippen molar-refractivity contribution in [3.8, 4) is 5.75 Å². The van der Waals surface area contributed by atoms with Gasteiger partial charge in [-0.1, -0.05) is 13.8 Å². The molecule has 0 aliphatic rings. The van der Waals surface area contributed by atoms with Gasteiger partial charge in [0.2, 0.25) is 10.0 Å². The van der Waals surface area contributed by atoms with E-state index in [9.17, 15) is 18.3 Å². The molecule has 1 aromatic carbocycles. The summed E-state index contributed by atoms with van der Waals surface area (Å²) in [6.45, 7) is 6.21. The molecule has 0 saturated heterocycles. The summed E-state index contributed by atoms with van der Waals surface area (Å²) in [6.07, 6.45) is 0. The highest BCUT2D eigenvalue weighted by Crippen LogP contribution is 2.24. The highest BCUT2D eigenvalue weighted by Gasteiger charge is 2.24. The lowest BCUT2D eigenvalue weighted by Gasteiger charge is -2.19. The highest BCUT2D eigenvalue weighted by atomic mass is 32.2. The van der Waals surface area contributed by atoms with Crippen molar-refractivity contribution in [1.29, 1.82) is 0 Å². The van der Waals surface area contributed by atoms with Crippen LogP contribution in [0.25, 0.3) is 0 Å². The molecule has 0 heterocycles. The largest absolute Gasteiger partial charge is 0.493 e. The van der Waals surface area contributed by atoms with Gasteiger partial charge in [-0.2, -0.15) is 0 Å². The van der Waals surface area contributed by atoms with Crippen LogP contribution >= 0.6 is 0 Å². The fraction of sp³-hybridized carbons (Fsp3) is 0.500. The molecule has 118 valence electrons. The summed E-state index contributed by atoms with van der Waals surface area (Å²) >= 11 is 0. The van der Waals surface area contributed by atoms with Crippen molar-refractivity contribution < 1.29 is 23.1 Å². The lowest BCUT2D eigenvalue weighted by molar-refractivity contribution is 0.0692. The van der Waals surface area contributed by atoms with E-state index in [-0.39, 0.29) is 22.1 Å². The zero-order chi connectivity index (χ0) is 16.2. The minimum absolute atomic E-state index is 0.0495. The molecule has 0 bridgehead atoms. The van der Waals surface area contributed by atoms with Crippen molar-refractivity contribution >= 4 is 16.0 Å². The summed E-state index contributed by atoms with van der Waals surface area (Å²) in [7, 11) is -2.23. The van der Waals surface area contributed by atoms with Gasteiger partial charge in [0, 0.05) is 13.6 Å². The number of sulfonamides is 1. The average Bonchev–Trinajstić information content (AvgIpc) is 2.38. The monoisotopic (exact) mass is 315 g/mol. The number of rotatable bonds is 7. The van der Waals surface area contributed by atoms with Crippen LogP contribution in [0.2, 0.25) is 0 Å². The first-order chi connectivity index (χ1) is 9.70. The molecule has 0 amide bonds. The standard InChI is InChI=1S/C14H21NO5S/c1-5-20-13-7-6-11(8-12(13)14(16)17)21(18,19)15(4)9-10(2)3/h6-8,10H,5,9H2,1-4H3,(H,16,17). The van der Waals surface area contributed by atoms with Gasteiger partial charge in [0.25, 0.3) is 0 Å². The Balaban J connectivity index is 3.25. The third-order valence-electron chi connectivity index (χ3n) is 2.81. The number of benzene rings is 1. The van der Waals surface area contributed by atoms with Gasteiger partial charge in [0.15, 0.2) is 0 Å². The molecule has 0 saturated carbocycles. The zero-order valence-corrected chi connectivity index (χ0v) is 13.5. The fourth-order valence-corrected chi connectivity index (χ4v) is 3.27. The molecular formula is C14H21NO5S. The van der Waals surface area contributed by atoms with E-state index in [1.165, 1.54) is 23.5 Å². The lowest BCUT2D eigenvalue weighted by Crippen LogP contribution is -2.30. The van der Waals surface area contributed by atoms with Crippen LogP contribution in [0.4, 0.5) is 0 Å². The first kappa shape index (κ1) is 17.5. The van der Waals surface area contributed by atoms with Crippen LogP contribution in [-0.4, -0.2) is 44.0 Å². The number of hydrogen-bond acceptors (Lipinski definition) is 4. The summed E-state index contributed by atoms with van der Waals surface area (Å²) in [5, 5.41) is 9.18. The number of ether oxygens (including phenoxy) is 1. The average molecular weight is 315 g/mol. The van der Waals surface area contributed by atoms with E-state index in [4.69, 9.17) is 4.74 Å². The van der Waals surface area contributed by atoms with Crippen LogP contribution in [0, 0.1) is 5.92 Å². The number of nitrogens with zero attached hydrogens (tertiary/aromatic N) is 1. The fourth-order valence-electron chi connectivity index (χ4n) is 1.91. The maximum atomic E-state index is 12.4. The molecular weight excluding hydrogens is 294 g/mol. The number of aromatic carboxylic acids is 1. The molecule has 0 fully saturated rings. The summed E-state index contributed by atoms with van der Waals surface area (Å²) in [4.78, 5) is 11.2. The SMILES string of the molecule is CCOc1ccc(S(=O)(=O)N(C)CC(C)C)cc1C(=O)O. The molecule has 0 aliphatic carbocycles. The summed E-state index contributed by atoms with van der Waals surface area (Å²) < 4.78 is 31.2. The van der Waals surface area contributed by atoms with Crippen LogP contribution in [0.5, 0.6) is 5.75 Å². The van der Waals surface area contributed by atoms with Gasteiger partial charge in [-0.05, 0) is 31.0 Å². The molecule has 0 radical (unpaired) electrons. The maximum Gasteiger partial charge on any atom is 0.339 e. The van der Waals surface area contributed by atoms with Crippen LogP contribution in [-0.2, 0) is 10.0 Å². The summed E-state index contributed by atoms with van der Waals surface area (Å²) in [6, 6.07) is 3.88. The zero-order valence-electron chi connectivity index (χ0n) is 12.7. The minimum atomic E-state index is -3.71. The van der Waals surface area contributed by atoms with Crippen LogP contribution < -0.4 is 4.74 Å². The maximum absolute atomic E-state index is 12.4. The smallest absolute Gasteiger partial charge is 0.339 e. The molecule has 0 aromatic heterocycles. The summed E-state index contributed by atoms with van der Waals surface area (Å²) in [5.74, 6) is -0.885. The minimum Gasteiger partial charge on any atom is -0.493 e. The molecule has 1 N–H and O–H groups in total. The van der Waals surface area contributed by atoms with Gasteiger partial charge in [-0.25, -0.2) is 17.5 Å². The van der Waals surface area contributed by atoms with Crippen LogP contribution in [0.3, 0.4) is 0 Å². The molecule has 0 spiro atoms. The Morgan fingerprint density at radius 3 is 2.48 bits per heavy atom. The number of carboxylic acid groups (broad SMARTS) is 1. The number of carbonyl (C=O) groups is 1. The van der Waals surface area contributed by atoms with Gasteiger partial charge >= 0.3 is 5.97 Å². The Bertz CT molecular complexity index is 610. The van der Waals surface area contributed by atoms with Crippen molar-refractivity contribution in [1.82, 2.24) is 4.31 Å². The van der Waals surface area contributed by atoms with E-state index in [0.29, 0.717) is 13.2 Å². The van der Waals surface area contributed by atoms with Gasteiger partial charge < -0.3 is 9.84 Å². The second-order valence-electron chi connectivity index (χ2n) is 5.08. The predicted octanol–water partition coefficient (Wildman–Crippen LogP) is 2.06. The summed E-state index contributed by atoms with van der Waals surface area (Å²) in [5.41, 5.74) is -0.157. The van der Waals surface area contributed by atoms with E-state index in [1.54, 1.807) is 6.92 Å². The second kappa shape index (κ2) is 6.91. The molecule has 7 heteroatoms. The lowest BCUT2D eigenvalue weighted by atomic mass is 10.2. The van der Waals surface area contributed by atoms with Crippen molar-refractivity contribution in [2.24, 2.45) is 5.92 Å². The van der Waals surface area contributed by atoms with E-state index in [0.717, 1.165) is 6.07 Å². The topological polar surface area (TPSA) is 83.9 Å². The Hall–Kier alpha value is -1.60. The Kier molecular flexibility index (Phi) is 5.74. The normalized spacial score (nSPS) is 11.9. The third-order valence-corrected chi connectivity index (χ3v) is 4.63. The Labute approximate surface area is 125 Å². The molecule has 1 rings (SSSR count). The highest BCUT2D eigenvalue weighted by molar-refractivity contribution is 7.89. The van der Waals surface area contributed by atoms with E-state index in [1.807, 2.05) is 13.8 Å². The first-order valence-electron chi connectivity index (χ1n) is 6.66. The van der Waals surface area contributed by atoms with Crippen molar-refractivity contribution in [3.63, 3.8) is 0 Å². The molecule has 6 nitrogen and oxygen atoms in total. The molecule has 1 aromatic rings. The predicted molar refractivity (Wildman–Crippen MR) is 79.2 cm³/mol. The Morgan fingerprint density at radius 2 is 2.00 bits per heavy atom. The van der Waals surface area contributed by atoms with E-state index in [2.05, 4.69) is 0 Å². The quantitative estimate of drug-likeness (QED) is 0.832. The third kappa shape index (κ3) is 4.18. The molecule has 0 unspecified atom stereocenters. The van der Waals surface area contributed by atoms with Gasteiger partial charge in [0.1, 0.15) is 11.3 Å². The Morgan fingerprint density at radius 1 is 1.38 bits per heavy atom. The second-order valence-corrected chi connectivity index (χ2v) is 7.12. The van der Waals surface area contributed by atoms with Gasteiger partial charge in [0.05, 0.1) is 11.5 Å². The molecule has 21 heavy (non-hydrogen) atoms. The van der Waals surface area contributed by atoms with Crippen molar-refractivity contribution in [3.05, 3.63) is 23.8 Å². The molecule has 0 atom stereocenters. The van der Waals surface area contributed by atoms with Crippen molar-refractivity contribution in [2.45, 2.75) is 25.7 Å². The first-order valence-corrected chi connectivity index (χ1v) is 8.10. The number of carboxylic acids is 1. The van der Waals surface area contributed by atoms with Gasteiger partial charge in [-0.15, -0.1) is 0 Å². The van der Waals surface area contributed by atoms with Crippen LogP contribution in [0.1, 0.15) is 31.1 Å². The van der Waals surface area contributed by atoms with Crippen LogP contribution in [0.15, 0.2) is 23.1 Å². The van der Waals surface area contributed by atoms with E-state index >= 15 is 0 Å².